The van der Waals surface area contributed by atoms with Gasteiger partial charge in [0.1, 0.15) is 6.04 Å². The van der Waals surface area contributed by atoms with Crippen molar-refractivity contribution < 1.29 is 37.5 Å². The Morgan fingerprint density at radius 1 is 0.945 bits per heavy atom. The van der Waals surface area contributed by atoms with E-state index >= 15 is 0 Å². The molecule has 2 aliphatic rings. The summed E-state index contributed by atoms with van der Waals surface area (Å²) in [5.74, 6) is -2.32. The molecule has 4 amide bonds. The summed E-state index contributed by atoms with van der Waals surface area (Å²) in [5, 5.41) is 20.2. The summed E-state index contributed by atoms with van der Waals surface area (Å²) >= 11 is 0. The number of nitrogens with zero attached hydrogens (tertiary/aromatic N) is 2. The van der Waals surface area contributed by atoms with E-state index in [4.69, 9.17) is 5.11 Å². The standard InChI is InChI=1S/C40H46F3N7O5/c1-23-19-28(36(52)45-29-15-17-50(2)18-16-29)11-13-31(23)26-7-3-24(4-8-26)20-34(47-35(51)27-9-5-25(6-10-27)22-44-39(54)55)37(53)46-30-12-14-32-33(21-30)49-38(48-32)40(41,42)43/h3-4,7-8,11-14,19,21,25,27,29,34,44H,5-6,9-10,15-18,20,22H2,1-2H3,(H,45,52)(H,46,53)(H,47,51)(H,48,49)(H,54,55)/t25?,27?,34-/m0/s1. The molecule has 0 radical (unpaired) electrons. The highest BCUT2D eigenvalue weighted by Crippen LogP contribution is 2.31. The smallest absolute Gasteiger partial charge is 0.449 e. The number of likely N-dealkylation sites (tertiary alicyclic amines) is 1. The molecule has 2 heterocycles. The SMILES string of the molecule is Cc1cc(C(=O)NC2CCN(C)CC2)ccc1-c1ccc(C[C@H](NC(=O)C2CCC(CNC(=O)O)CC2)C(=O)Nc2ccc3nc(C(F)(F)F)[nH]c3c2)cc1. The molecule has 12 nitrogen and oxygen atoms in total. The number of rotatable bonds is 11. The number of imidazole rings is 1. The lowest BCUT2D eigenvalue weighted by atomic mass is 9.81. The molecule has 1 aromatic heterocycles. The van der Waals surface area contributed by atoms with Crippen LogP contribution in [0.4, 0.5) is 23.7 Å². The largest absolute Gasteiger partial charge is 0.465 e. The molecule has 1 saturated carbocycles. The van der Waals surface area contributed by atoms with Crippen LogP contribution >= 0.6 is 0 Å². The number of piperidine rings is 1. The first-order chi connectivity index (χ1) is 26.2. The van der Waals surface area contributed by atoms with Gasteiger partial charge in [0.05, 0.1) is 11.0 Å². The Balaban J connectivity index is 1.15. The Hall–Kier alpha value is -5.44. The van der Waals surface area contributed by atoms with E-state index in [-0.39, 0.29) is 52.8 Å². The number of anilines is 1. The lowest BCUT2D eigenvalue weighted by molar-refractivity contribution is -0.144. The number of hydrogen-bond acceptors (Lipinski definition) is 6. The van der Waals surface area contributed by atoms with E-state index in [1.807, 2.05) is 49.4 Å². The third-order valence-corrected chi connectivity index (χ3v) is 10.7. The fraction of sp³-hybridized carbons (Fsp3) is 0.425. The average molecular weight is 762 g/mol. The third-order valence-electron chi connectivity index (χ3n) is 10.7. The summed E-state index contributed by atoms with van der Waals surface area (Å²) in [5.41, 5.74) is 4.56. The second-order valence-corrected chi connectivity index (χ2v) is 14.8. The zero-order chi connectivity index (χ0) is 39.3. The molecule has 1 aliphatic carbocycles. The average Bonchev–Trinajstić information content (AvgIpc) is 3.60. The fourth-order valence-electron chi connectivity index (χ4n) is 7.42. The number of H-pyrrole nitrogens is 1. The molecule has 0 unspecified atom stereocenters. The van der Waals surface area contributed by atoms with Gasteiger partial charge in [-0.15, -0.1) is 0 Å². The maximum absolute atomic E-state index is 13.8. The van der Waals surface area contributed by atoms with Crippen molar-refractivity contribution in [1.29, 1.82) is 0 Å². The van der Waals surface area contributed by atoms with Crippen LogP contribution in [0.3, 0.4) is 0 Å². The summed E-state index contributed by atoms with van der Waals surface area (Å²) in [6.07, 6.45) is -1.40. The van der Waals surface area contributed by atoms with Crippen LogP contribution in [0, 0.1) is 18.8 Å². The molecule has 3 aromatic carbocycles. The lowest BCUT2D eigenvalue weighted by Gasteiger charge is -2.29. The van der Waals surface area contributed by atoms with E-state index in [2.05, 4.69) is 43.2 Å². The van der Waals surface area contributed by atoms with Gasteiger partial charge in [-0.3, -0.25) is 14.4 Å². The number of benzene rings is 3. The molecule has 0 spiro atoms. The number of fused-ring (bicyclic) bond motifs is 1. The van der Waals surface area contributed by atoms with Crippen molar-refractivity contribution in [3.8, 4) is 11.1 Å². The van der Waals surface area contributed by atoms with Gasteiger partial charge in [0.15, 0.2) is 0 Å². The predicted molar refractivity (Wildman–Crippen MR) is 201 cm³/mol. The fourth-order valence-corrected chi connectivity index (χ4v) is 7.42. The minimum atomic E-state index is -4.66. The first-order valence-electron chi connectivity index (χ1n) is 18.6. The number of alkyl halides is 3. The van der Waals surface area contributed by atoms with Gasteiger partial charge in [0, 0.05) is 36.2 Å². The Bertz CT molecular complexity index is 2020. The van der Waals surface area contributed by atoms with Crippen LogP contribution in [0.15, 0.2) is 60.7 Å². The van der Waals surface area contributed by atoms with Crippen LogP contribution in [0.2, 0.25) is 0 Å². The molecule has 6 N–H and O–H groups in total. The normalized spacial score (nSPS) is 18.7. The Morgan fingerprint density at radius 3 is 2.31 bits per heavy atom. The molecule has 1 saturated heterocycles. The maximum atomic E-state index is 13.8. The Labute approximate surface area is 316 Å². The summed E-state index contributed by atoms with van der Waals surface area (Å²) in [4.78, 5) is 59.3. The second-order valence-electron chi connectivity index (χ2n) is 14.8. The van der Waals surface area contributed by atoms with Gasteiger partial charge in [-0.05, 0) is 124 Å². The molecule has 292 valence electrons. The number of hydrogen-bond donors (Lipinski definition) is 6. The molecule has 1 aliphatic heterocycles. The molecule has 6 rings (SSSR count). The van der Waals surface area contributed by atoms with Crippen LogP contribution < -0.4 is 21.3 Å². The van der Waals surface area contributed by atoms with Crippen LogP contribution in [0.1, 0.15) is 65.8 Å². The van der Waals surface area contributed by atoms with Crippen molar-refractivity contribution in [2.45, 2.75) is 70.1 Å². The van der Waals surface area contributed by atoms with Crippen molar-refractivity contribution >= 4 is 40.5 Å². The van der Waals surface area contributed by atoms with Gasteiger partial charge in [-0.25, -0.2) is 9.78 Å². The van der Waals surface area contributed by atoms with E-state index in [1.54, 1.807) is 0 Å². The van der Waals surface area contributed by atoms with Gasteiger partial charge in [0.25, 0.3) is 5.91 Å². The third kappa shape index (κ3) is 10.2. The van der Waals surface area contributed by atoms with Gasteiger partial charge >= 0.3 is 12.3 Å². The molecule has 4 aromatic rings. The van der Waals surface area contributed by atoms with Crippen LogP contribution in [0.5, 0.6) is 0 Å². The number of aromatic nitrogens is 2. The highest BCUT2D eigenvalue weighted by molar-refractivity contribution is 5.99. The van der Waals surface area contributed by atoms with Crippen molar-refractivity contribution in [2.75, 3.05) is 32.0 Å². The van der Waals surface area contributed by atoms with Gasteiger partial charge < -0.3 is 36.3 Å². The van der Waals surface area contributed by atoms with Gasteiger partial charge in [-0.2, -0.15) is 13.2 Å². The monoisotopic (exact) mass is 761 g/mol. The summed E-state index contributed by atoms with van der Waals surface area (Å²) in [7, 11) is 2.08. The van der Waals surface area contributed by atoms with Crippen molar-refractivity contribution in [3.05, 3.63) is 83.2 Å². The zero-order valence-corrected chi connectivity index (χ0v) is 30.8. The number of amides is 4. The molecule has 55 heavy (non-hydrogen) atoms. The molecule has 1 atom stereocenters. The van der Waals surface area contributed by atoms with Crippen molar-refractivity contribution in [1.82, 2.24) is 30.8 Å². The molecule has 2 fully saturated rings. The van der Waals surface area contributed by atoms with Gasteiger partial charge in [0.2, 0.25) is 17.6 Å². The molecule has 0 bridgehead atoms. The number of carbonyl (C=O) groups excluding carboxylic acids is 3. The molecular formula is C40H46F3N7O5. The minimum absolute atomic E-state index is 0.0882. The first kappa shape index (κ1) is 39.3. The minimum Gasteiger partial charge on any atom is -0.465 e. The van der Waals surface area contributed by atoms with Crippen molar-refractivity contribution in [2.24, 2.45) is 11.8 Å². The first-order valence-corrected chi connectivity index (χ1v) is 18.6. The van der Waals surface area contributed by atoms with E-state index in [1.165, 1.54) is 18.2 Å². The second kappa shape index (κ2) is 16.9. The van der Waals surface area contributed by atoms with Crippen LogP contribution in [0.25, 0.3) is 22.2 Å². The van der Waals surface area contributed by atoms with Crippen LogP contribution in [-0.4, -0.2) is 82.6 Å². The molecular weight excluding hydrogens is 715 g/mol. The van der Waals surface area contributed by atoms with E-state index in [0.717, 1.165) is 48.2 Å². The summed E-state index contributed by atoms with van der Waals surface area (Å²) < 4.78 is 39.7. The number of nitrogens with one attached hydrogen (secondary N) is 5. The number of aryl methyl sites for hydroxylation is 1. The molecule has 15 heteroatoms. The highest BCUT2D eigenvalue weighted by atomic mass is 19.4. The number of carboxylic acid groups (broad SMARTS) is 1. The highest BCUT2D eigenvalue weighted by Gasteiger charge is 2.35. The van der Waals surface area contributed by atoms with Gasteiger partial charge in [-0.1, -0.05) is 30.3 Å². The number of halogens is 3. The zero-order valence-electron chi connectivity index (χ0n) is 30.8. The Kier molecular flexibility index (Phi) is 12.1. The van der Waals surface area contributed by atoms with E-state index in [9.17, 15) is 32.3 Å². The van der Waals surface area contributed by atoms with E-state index in [0.29, 0.717) is 37.8 Å². The summed E-state index contributed by atoms with van der Waals surface area (Å²) in [6.45, 7) is 4.16. The summed E-state index contributed by atoms with van der Waals surface area (Å²) in [6, 6.07) is 16.5. The number of carbonyl (C=O) groups is 4. The Morgan fingerprint density at radius 2 is 1.65 bits per heavy atom. The number of aromatic amines is 1. The van der Waals surface area contributed by atoms with Crippen molar-refractivity contribution in [3.63, 3.8) is 0 Å². The van der Waals surface area contributed by atoms with E-state index < -0.39 is 30.0 Å². The maximum Gasteiger partial charge on any atom is 0.449 e. The quantitative estimate of drug-likeness (QED) is 0.107. The van der Waals surface area contributed by atoms with Crippen LogP contribution in [-0.2, 0) is 22.2 Å². The lowest BCUT2D eigenvalue weighted by Crippen LogP contribution is -2.48. The predicted octanol–water partition coefficient (Wildman–Crippen LogP) is 6.12. The topological polar surface area (TPSA) is 169 Å².